The molecule has 26 heavy (non-hydrogen) atoms. The van der Waals surface area contributed by atoms with Crippen LogP contribution in [-0.4, -0.2) is 26.0 Å². The molecule has 1 N–H and O–H groups in total. The number of nitrogens with zero attached hydrogens (tertiary/aromatic N) is 4. The van der Waals surface area contributed by atoms with Crippen LogP contribution in [0, 0.1) is 0 Å². The lowest BCUT2D eigenvalue weighted by molar-refractivity contribution is 0.0928. The summed E-state index contributed by atoms with van der Waals surface area (Å²) in [4.78, 5) is 25.2. The number of nitrogens with one attached hydrogen (secondary N) is 1. The number of rotatable bonds is 4. The summed E-state index contributed by atoms with van der Waals surface area (Å²) in [5.41, 5.74) is 1.90. The fraction of sp³-hybridized carbons (Fsp3) is 0.105. The van der Waals surface area contributed by atoms with Crippen molar-refractivity contribution in [3.63, 3.8) is 0 Å². The molecule has 0 aliphatic heterocycles. The molecule has 0 saturated heterocycles. The molecular weight excluding hydrogens is 330 g/mol. The Morgan fingerprint density at radius 2 is 1.85 bits per heavy atom. The maximum Gasteiger partial charge on any atom is 0.270 e. The number of para-hydroxylation sites is 1. The highest BCUT2D eigenvalue weighted by molar-refractivity contribution is 5.95. The van der Waals surface area contributed by atoms with Crippen LogP contribution in [0.15, 0.2) is 65.4 Å². The lowest BCUT2D eigenvalue weighted by atomic mass is 10.2. The highest BCUT2D eigenvalue weighted by atomic mass is 16.5. The van der Waals surface area contributed by atoms with E-state index in [9.17, 15) is 4.79 Å². The highest BCUT2D eigenvalue weighted by Gasteiger charge is 2.19. The van der Waals surface area contributed by atoms with Gasteiger partial charge in [0.25, 0.3) is 5.91 Å². The van der Waals surface area contributed by atoms with E-state index in [-0.39, 0.29) is 5.91 Å². The van der Waals surface area contributed by atoms with Crippen molar-refractivity contribution >= 4 is 16.8 Å². The molecular formula is C19H15N5O2. The molecule has 3 heterocycles. The van der Waals surface area contributed by atoms with E-state index in [4.69, 9.17) is 4.52 Å². The summed E-state index contributed by atoms with van der Waals surface area (Å²) >= 11 is 0. The number of hydrogen-bond donors (Lipinski definition) is 1. The Balaban J connectivity index is 1.51. The minimum absolute atomic E-state index is 0.299. The van der Waals surface area contributed by atoms with Crippen LogP contribution in [-0.2, 0) is 0 Å². The number of carbonyl (C=O) groups excluding carboxylic acids is 1. The molecule has 1 aromatic carbocycles. The first-order chi connectivity index (χ1) is 12.7. The van der Waals surface area contributed by atoms with Crippen molar-refractivity contribution in [1.82, 2.24) is 25.4 Å². The third-order valence-electron chi connectivity index (χ3n) is 3.93. The molecule has 4 rings (SSSR count). The van der Waals surface area contributed by atoms with Crippen molar-refractivity contribution in [2.24, 2.45) is 0 Å². The number of hydrogen-bond acceptors (Lipinski definition) is 6. The Morgan fingerprint density at radius 1 is 1.04 bits per heavy atom. The summed E-state index contributed by atoms with van der Waals surface area (Å²) in [5.74, 6) is 0.477. The maximum absolute atomic E-state index is 12.5. The topological polar surface area (TPSA) is 93.8 Å². The van der Waals surface area contributed by atoms with Gasteiger partial charge in [0.05, 0.1) is 5.52 Å². The first kappa shape index (κ1) is 15.9. The quantitative estimate of drug-likeness (QED) is 0.610. The van der Waals surface area contributed by atoms with E-state index < -0.39 is 6.04 Å². The molecule has 0 aliphatic carbocycles. The first-order valence-corrected chi connectivity index (χ1v) is 8.11. The zero-order chi connectivity index (χ0) is 17.9. The molecule has 7 heteroatoms. The third-order valence-corrected chi connectivity index (χ3v) is 3.93. The number of pyridine rings is 2. The second-order valence-corrected chi connectivity index (χ2v) is 5.78. The zero-order valence-corrected chi connectivity index (χ0v) is 14.0. The van der Waals surface area contributed by atoms with E-state index in [0.717, 1.165) is 16.5 Å². The van der Waals surface area contributed by atoms with Crippen LogP contribution in [0.5, 0.6) is 0 Å². The van der Waals surface area contributed by atoms with E-state index >= 15 is 0 Å². The van der Waals surface area contributed by atoms with Crippen LogP contribution >= 0.6 is 0 Å². The Hall–Kier alpha value is -3.61. The fourth-order valence-corrected chi connectivity index (χ4v) is 2.55. The van der Waals surface area contributed by atoms with Gasteiger partial charge >= 0.3 is 0 Å². The Morgan fingerprint density at radius 3 is 2.69 bits per heavy atom. The summed E-state index contributed by atoms with van der Waals surface area (Å²) < 4.78 is 5.27. The van der Waals surface area contributed by atoms with E-state index in [1.54, 1.807) is 37.5 Å². The van der Waals surface area contributed by atoms with Gasteiger partial charge in [-0.3, -0.25) is 9.78 Å². The summed E-state index contributed by atoms with van der Waals surface area (Å²) in [6.07, 6.45) is 3.31. The minimum Gasteiger partial charge on any atom is -0.339 e. The van der Waals surface area contributed by atoms with Crippen molar-refractivity contribution < 1.29 is 9.32 Å². The molecule has 0 radical (unpaired) electrons. The van der Waals surface area contributed by atoms with Gasteiger partial charge in [0.15, 0.2) is 0 Å². The van der Waals surface area contributed by atoms with Crippen LogP contribution < -0.4 is 5.32 Å². The molecule has 1 amide bonds. The smallest absolute Gasteiger partial charge is 0.270 e. The number of aromatic nitrogens is 4. The normalized spacial score (nSPS) is 12.0. The molecule has 0 spiro atoms. The lowest BCUT2D eigenvalue weighted by Gasteiger charge is -2.09. The average Bonchev–Trinajstić information content (AvgIpc) is 3.18. The van der Waals surface area contributed by atoms with Crippen molar-refractivity contribution in [2.45, 2.75) is 13.0 Å². The standard InChI is InChI=1S/C19H15N5O2/c1-12(19-23-17(24-26-19)14-8-10-20-11-9-14)21-18(25)16-7-6-13-4-2-3-5-15(13)22-16/h2-12H,1H3,(H,21,25)/t12-/m0/s1. The van der Waals surface area contributed by atoms with E-state index in [1.807, 2.05) is 30.3 Å². The maximum atomic E-state index is 12.5. The summed E-state index contributed by atoms with van der Waals surface area (Å²) in [5, 5.41) is 7.76. The molecule has 0 bridgehead atoms. The summed E-state index contributed by atoms with van der Waals surface area (Å²) in [7, 11) is 0. The molecule has 0 fully saturated rings. The SMILES string of the molecule is C[C@H](NC(=O)c1ccc2ccccc2n1)c1nc(-c2ccncc2)no1. The second kappa shape index (κ2) is 6.72. The van der Waals surface area contributed by atoms with Gasteiger partial charge in [-0.1, -0.05) is 29.4 Å². The monoisotopic (exact) mass is 345 g/mol. The lowest BCUT2D eigenvalue weighted by Crippen LogP contribution is -2.27. The second-order valence-electron chi connectivity index (χ2n) is 5.78. The van der Waals surface area contributed by atoms with E-state index in [2.05, 4.69) is 25.4 Å². The van der Waals surface area contributed by atoms with E-state index in [0.29, 0.717) is 17.4 Å². The minimum atomic E-state index is -0.446. The molecule has 128 valence electrons. The molecule has 4 aromatic rings. The zero-order valence-electron chi connectivity index (χ0n) is 14.0. The molecule has 0 unspecified atom stereocenters. The van der Waals surface area contributed by atoms with Crippen LogP contribution in [0.4, 0.5) is 0 Å². The van der Waals surface area contributed by atoms with Crippen LogP contribution in [0.1, 0.15) is 29.3 Å². The van der Waals surface area contributed by atoms with E-state index in [1.165, 1.54) is 0 Å². The molecule has 1 atom stereocenters. The average molecular weight is 345 g/mol. The van der Waals surface area contributed by atoms with Crippen molar-refractivity contribution in [1.29, 1.82) is 0 Å². The number of fused-ring (bicyclic) bond motifs is 1. The third kappa shape index (κ3) is 3.14. The largest absolute Gasteiger partial charge is 0.339 e. The molecule has 3 aromatic heterocycles. The van der Waals surface area contributed by atoms with Crippen molar-refractivity contribution in [2.75, 3.05) is 0 Å². The van der Waals surface area contributed by atoms with Gasteiger partial charge in [0.2, 0.25) is 11.7 Å². The Bertz CT molecular complexity index is 1060. The predicted octanol–water partition coefficient (Wildman–Crippen LogP) is 3.17. The van der Waals surface area contributed by atoms with Gasteiger partial charge in [-0.2, -0.15) is 4.98 Å². The van der Waals surface area contributed by atoms with Gasteiger partial charge in [0.1, 0.15) is 11.7 Å². The summed E-state index contributed by atoms with van der Waals surface area (Å²) in [6.45, 7) is 1.78. The van der Waals surface area contributed by atoms with Crippen LogP contribution in [0.3, 0.4) is 0 Å². The van der Waals surface area contributed by atoms with Crippen LogP contribution in [0.2, 0.25) is 0 Å². The molecule has 0 aliphatic rings. The van der Waals surface area contributed by atoms with Crippen molar-refractivity contribution in [3.8, 4) is 11.4 Å². The van der Waals surface area contributed by atoms with Gasteiger partial charge in [-0.25, -0.2) is 4.98 Å². The van der Waals surface area contributed by atoms with Gasteiger partial charge in [-0.05, 0) is 31.2 Å². The number of amides is 1. The fourth-order valence-electron chi connectivity index (χ4n) is 2.55. The summed E-state index contributed by atoms with van der Waals surface area (Å²) in [6, 6.07) is 14.3. The van der Waals surface area contributed by atoms with Crippen molar-refractivity contribution in [3.05, 3.63) is 72.5 Å². The van der Waals surface area contributed by atoms with Gasteiger partial charge in [0, 0.05) is 23.3 Å². The molecule has 0 saturated carbocycles. The molecule has 7 nitrogen and oxygen atoms in total. The number of carbonyl (C=O) groups is 1. The van der Waals surface area contributed by atoms with Gasteiger partial charge < -0.3 is 9.84 Å². The first-order valence-electron chi connectivity index (χ1n) is 8.11. The Labute approximate surface area is 149 Å². The number of benzene rings is 1. The Kier molecular flexibility index (Phi) is 4.10. The van der Waals surface area contributed by atoms with Crippen LogP contribution in [0.25, 0.3) is 22.3 Å². The predicted molar refractivity (Wildman–Crippen MR) is 95.2 cm³/mol. The highest BCUT2D eigenvalue weighted by Crippen LogP contribution is 2.18. The van der Waals surface area contributed by atoms with Gasteiger partial charge in [-0.15, -0.1) is 0 Å².